The van der Waals surface area contributed by atoms with E-state index < -0.39 is 0 Å². The summed E-state index contributed by atoms with van der Waals surface area (Å²) in [6.45, 7) is 0. The number of nitrogens with two attached hydrogens (primary N) is 1. The number of nitrogens with zero attached hydrogens (tertiary/aromatic N) is 1. The molecule has 0 unspecified atom stereocenters. The highest BCUT2D eigenvalue weighted by Crippen LogP contribution is 2.22. The van der Waals surface area contributed by atoms with Gasteiger partial charge in [0.25, 0.3) is 0 Å². The van der Waals surface area contributed by atoms with E-state index >= 15 is 0 Å². The number of hydrogen-bond donors (Lipinski definition) is 2. The van der Waals surface area contributed by atoms with E-state index in [2.05, 4.69) is 22.7 Å². The second-order valence-corrected chi connectivity index (χ2v) is 4.74. The van der Waals surface area contributed by atoms with E-state index in [1.54, 1.807) is 6.21 Å². The number of halogens is 1. The molecule has 2 aromatic carbocycles. The Labute approximate surface area is 122 Å². The molecule has 0 radical (unpaired) electrons. The number of hydrogen-bond acceptors (Lipinski definition) is 2. The van der Waals surface area contributed by atoms with Crippen LogP contribution in [0.4, 0.5) is 0 Å². The molecule has 2 aromatic rings. The number of benzene rings is 2. The van der Waals surface area contributed by atoms with Gasteiger partial charge in [0.05, 0.1) is 6.21 Å². The molecule has 0 amide bonds. The molecule has 3 N–H and O–H groups in total. The fourth-order valence-electron chi connectivity index (χ4n) is 1.60. The summed E-state index contributed by atoms with van der Waals surface area (Å²) in [5.41, 5.74) is 10.9. The van der Waals surface area contributed by atoms with Gasteiger partial charge in [-0.3, -0.25) is 5.43 Å². The van der Waals surface area contributed by atoms with Gasteiger partial charge in [0.15, 0.2) is 5.11 Å². The maximum absolute atomic E-state index is 5.97. The molecule has 0 aliphatic rings. The van der Waals surface area contributed by atoms with Crippen LogP contribution in [0.2, 0.25) is 5.02 Å². The second kappa shape index (κ2) is 6.31. The van der Waals surface area contributed by atoms with Gasteiger partial charge in [-0.05, 0) is 41.0 Å². The third-order valence-corrected chi connectivity index (χ3v) is 2.78. The zero-order valence-corrected chi connectivity index (χ0v) is 11.6. The Kier molecular flexibility index (Phi) is 4.49. The van der Waals surface area contributed by atoms with Crippen LogP contribution in [0.25, 0.3) is 11.1 Å². The fraction of sp³-hybridized carbons (Fsp3) is 0. The average Bonchev–Trinajstić information content (AvgIpc) is 2.39. The summed E-state index contributed by atoms with van der Waals surface area (Å²) in [6, 6.07) is 15.7. The lowest BCUT2D eigenvalue weighted by molar-refractivity contribution is 1.04. The third-order valence-electron chi connectivity index (χ3n) is 2.46. The summed E-state index contributed by atoms with van der Waals surface area (Å²) in [6.07, 6.45) is 1.65. The van der Waals surface area contributed by atoms with Gasteiger partial charge in [-0.2, -0.15) is 5.10 Å². The average molecular weight is 290 g/mol. The van der Waals surface area contributed by atoms with Crippen LogP contribution in [-0.4, -0.2) is 11.3 Å². The van der Waals surface area contributed by atoms with Gasteiger partial charge in [0, 0.05) is 5.02 Å². The van der Waals surface area contributed by atoms with Crippen LogP contribution >= 0.6 is 23.8 Å². The van der Waals surface area contributed by atoms with Crippen molar-refractivity contribution in [1.82, 2.24) is 5.43 Å². The molecule has 0 atom stereocenters. The Bertz CT molecular complexity index is 608. The van der Waals surface area contributed by atoms with Gasteiger partial charge >= 0.3 is 0 Å². The lowest BCUT2D eigenvalue weighted by Crippen LogP contribution is -2.23. The Morgan fingerprint density at radius 1 is 1.16 bits per heavy atom. The summed E-state index contributed by atoms with van der Waals surface area (Å²) >= 11 is 10.6. The van der Waals surface area contributed by atoms with Crippen LogP contribution < -0.4 is 11.2 Å². The van der Waals surface area contributed by atoms with Crippen molar-refractivity contribution in [2.24, 2.45) is 10.8 Å². The standard InChI is InChI=1S/C14H12ClN3S/c15-13-3-1-2-12(8-13)11-6-4-10(5-7-11)9-17-18-14(16)19/h1-9H,(H3,16,18,19). The minimum absolute atomic E-state index is 0.145. The Hall–Kier alpha value is -1.91. The van der Waals surface area contributed by atoms with E-state index in [4.69, 9.17) is 17.3 Å². The normalized spacial score (nSPS) is 10.6. The van der Waals surface area contributed by atoms with Crippen molar-refractivity contribution in [1.29, 1.82) is 0 Å². The number of rotatable bonds is 3. The highest BCUT2D eigenvalue weighted by molar-refractivity contribution is 7.80. The summed E-state index contributed by atoms with van der Waals surface area (Å²) in [5, 5.41) is 4.77. The molecule has 0 saturated heterocycles. The van der Waals surface area contributed by atoms with E-state index in [-0.39, 0.29) is 5.11 Å². The van der Waals surface area contributed by atoms with Gasteiger partial charge in [-0.15, -0.1) is 0 Å². The second-order valence-electron chi connectivity index (χ2n) is 3.87. The van der Waals surface area contributed by atoms with E-state index in [1.807, 2.05) is 48.5 Å². The molecule has 0 saturated carbocycles. The molecule has 0 aliphatic heterocycles. The van der Waals surface area contributed by atoms with Crippen molar-refractivity contribution in [3.05, 3.63) is 59.1 Å². The number of hydrazone groups is 1. The highest BCUT2D eigenvalue weighted by Gasteiger charge is 1.98. The van der Waals surface area contributed by atoms with Gasteiger partial charge in [-0.25, -0.2) is 0 Å². The molecule has 19 heavy (non-hydrogen) atoms. The van der Waals surface area contributed by atoms with Gasteiger partial charge < -0.3 is 5.73 Å². The van der Waals surface area contributed by atoms with Crippen LogP contribution in [0.3, 0.4) is 0 Å². The first-order chi connectivity index (χ1) is 9.15. The quantitative estimate of drug-likeness (QED) is 0.518. The van der Waals surface area contributed by atoms with Crippen LogP contribution in [0.1, 0.15) is 5.56 Å². The zero-order chi connectivity index (χ0) is 13.7. The minimum atomic E-state index is 0.145. The van der Waals surface area contributed by atoms with Crippen molar-refractivity contribution in [3.63, 3.8) is 0 Å². The van der Waals surface area contributed by atoms with Crippen molar-refractivity contribution in [2.45, 2.75) is 0 Å². The summed E-state index contributed by atoms with van der Waals surface area (Å²) < 4.78 is 0. The molecule has 5 heteroatoms. The third kappa shape index (κ3) is 4.05. The maximum atomic E-state index is 5.97. The molecule has 0 heterocycles. The number of thiocarbonyl (C=S) groups is 1. The molecular weight excluding hydrogens is 278 g/mol. The largest absolute Gasteiger partial charge is 0.375 e. The molecular formula is C14H12ClN3S. The predicted octanol–water partition coefficient (Wildman–Crippen LogP) is 3.17. The Balaban J connectivity index is 2.14. The predicted molar refractivity (Wildman–Crippen MR) is 84.4 cm³/mol. The summed E-state index contributed by atoms with van der Waals surface area (Å²) in [5.74, 6) is 0. The van der Waals surface area contributed by atoms with Crippen LogP contribution in [0.5, 0.6) is 0 Å². The zero-order valence-electron chi connectivity index (χ0n) is 10.0. The van der Waals surface area contributed by atoms with Crippen LogP contribution in [0.15, 0.2) is 53.6 Å². The van der Waals surface area contributed by atoms with E-state index in [9.17, 15) is 0 Å². The first kappa shape index (κ1) is 13.5. The molecule has 2 rings (SSSR count). The molecule has 3 nitrogen and oxygen atoms in total. The Morgan fingerprint density at radius 2 is 1.89 bits per heavy atom. The smallest absolute Gasteiger partial charge is 0.184 e. The fourth-order valence-corrected chi connectivity index (χ4v) is 1.84. The molecule has 0 aromatic heterocycles. The Morgan fingerprint density at radius 3 is 2.53 bits per heavy atom. The molecule has 0 fully saturated rings. The van der Waals surface area contributed by atoms with Crippen molar-refractivity contribution >= 4 is 35.1 Å². The van der Waals surface area contributed by atoms with Crippen LogP contribution in [0, 0.1) is 0 Å². The first-order valence-corrected chi connectivity index (χ1v) is 6.38. The van der Waals surface area contributed by atoms with Gasteiger partial charge in [0.2, 0.25) is 0 Å². The first-order valence-electron chi connectivity index (χ1n) is 5.59. The number of nitrogens with one attached hydrogen (secondary N) is 1. The monoisotopic (exact) mass is 289 g/mol. The van der Waals surface area contributed by atoms with E-state index in [0.717, 1.165) is 21.7 Å². The minimum Gasteiger partial charge on any atom is -0.375 e. The molecule has 0 aliphatic carbocycles. The van der Waals surface area contributed by atoms with Crippen molar-refractivity contribution in [3.8, 4) is 11.1 Å². The summed E-state index contributed by atoms with van der Waals surface area (Å²) in [7, 11) is 0. The molecule has 0 bridgehead atoms. The molecule has 96 valence electrons. The van der Waals surface area contributed by atoms with Crippen LogP contribution in [-0.2, 0) is 0 Å². The van der Waals surface area contributed by atoms with Gasteiger partial charge in [0.1, 0.15) is 0 Å². The van der Waals surface area contributed by atoms with E-state index in [1.165, 1.54) is 0 Å². The SMILES string of the molecule is NC(=S)NN=Cc1ccc(-c2cccc(Cl)c2)cc1. The molecule has 0 spiro atoms. The highest BCUT2D eigenvalue weighted by atomic mass is 35.5. The lowest BCUT2D eigenvalue weighted by Gasteiger charge is -2.02. The van der Waals surface area contributed by atoms with Crippen molar-refractivity contribution < 1.29 is 0 Å². The maximum Gasteiger partial charge on any atom is 0.184 e. The van der Waals surface area contributed by atoms with E-state index in [0.29, 0.717) is 0 Å². The van der Waals surface area contributed by atoms with Crippen molar-refractivity contribution in [2.75, 3.05) is 0 Å². The summed E-state index contributed by atoms with van der Waals surface area (Å²) in [4.78, 5) is 0. The topological polar surface area (TPSA) is 50.4 Å². The lowest BCUT2D eigenvalue weighted by atomic mass is 10.0. The van der Waals surface area contributed by atoms with Gasteiger partial charge in [-0.1, -0.05) is 48.0 Å².